The minimum absolute atomic E-state index is 0.167. The number of anilines is 1. The van der Waals surface area contributed by atoms with Crippen LogP contribution < -0.4 is 10.5 Å². The Kier molecular flexibility index (Phi) is 3.23. The largest absolute Gasteiger partial charge is 0.497 e. The number of nitrogen functional groups attached to an aromatic ring is 1. The smallest absolute Gasteiger partial charge is 0.149 e. The predicted octanol–water partition coefficient (Wildman–Crippen LogP) is 2.93. The Hall–Kier alpha value is -2.04. The van der Waals surface area contributed by atoms with Crippen molar-refractivity contribution in [3.05, 3.63) is 29.6 Å². The molecule has 0 aliphatic heterocycles. The van der Waals surface area contributed by atoms with Crippen molar-refractivity contribution >= 4 is 5.82 Å². The summed E-state index contributed by atoms with van der Waals surface area (Å²) in [7, 11) is 1.50. The average molecular weight is 249 g/mol. The van der Waals surface area contributed by atoms with Gasteiger partial charge in [-0.3, -0.25) is 5.10 Å². The van der Waals surface area contributed by atoms with Gasteiger partial charge in [0.15, 0.2) is 0 Å². The van der Waals surface area contributed by atoms with Crippen molar-refractivity contribution < 1.29 is 9.13 Å². The molecule has 96 valence electrons. The summed E-state index contributed by atoms with van der Waals surface area (Å²) in [6.07, 6.45) is 0. The number of aromatic nitrogens is 2. The molecule has 2 rings (SSSR count). The van der Waals surface area contributed by atoms with E-state index in [9.17, 15) is 4.39 Å². The molecule has 0 aliphatic carbocycles. The highest BCUT2D eigenvalue weighted by Gasteiger charge is 2.18. The van der Waals surface area contributed by atoms with Crippen molar-refractivity contribution in [3.8, 4) is 17.0 Å². The van der Waals surface area contributed by atoms with Gasteiger partial charge in [-0.2, -0.15) is 5.10 Å². The molecule has 1 aromatic carbocycles. The third-order valence-corrected chi connectivity index (χ3v) is 2.86. The number of rotatable bonds is 3. The second kappa shape index (κ2) is 4.68. The lowest BCUT2D eigenvalue weighted by Gasteiger charge is -2.09. The molecular formula is C13H16FN3O. The lowest BCUT2D eigenvalue weighted by Crippen LogP contribution is -1.96. The Morgan fingerprint density at radius 1 is 1.39 bits per heavy atom. The minimum Gasteiger partial charge on any atom is -0.497 e. The van der Waals surface area contributed by atoms with Crippen molar-refractivity contribution in [1.29, 1.82) is 0 Å². The number of ether oxygens (including phenoxy) is 1. The second-order valence-electron chi connectivity index (χ2n) is 4.40. The molecular weight excluding hydrogens is 233 g/mol. The van der Waals surface area contributed by atoms with Crippen molar-refractivity contribution in [2.24, 2.45) is 0 Å². The summed E-state index contributed by atoms with van der Waals surface area (Å²) < 4.78 is 19.0. The maximum Gasteiger partial charge on any atom is 0.149 e. The van der Waals surface area contributed by atoms with Crippen LogP contribution in [0.4, 0.5) is 10.2 Å². The number of nitrogens with zero attached hydrogens (tertiary/aromatic N) is 1. The van der Waals surface area contributed by atoms with Gasteiger partial charge in [-0.1, -0.05) is 13.8 Å². The Morgan fingerprint density at radius 3 is 2.67 bits per heavy atom. The number of hydrogen-bond acceptors (Lipinski definition) is 3. The van der Waals surface area contributed by atoms with E-state index in [4.69, 9.17) is 10.5 Å². The molecule has 0 fully saturated rings. The van der Waals surface area contributed by atoms with Crippen LogP contribution in [0.5, 0.6) is 5.75 Å². The van der Waals surface area contributed by atoms with Gasteiger partial charge >= 0.3 is 0 Å². The van der Waals surface area contributed by atoms with Gasteiger partial charge in [-0.25, -0.2) is 4.39 Å². The quantitative estimate of drug-likeness (QED) is 0.879. The van der Waals surface area contributed by atoms with Gasteiger partial charge in [0.1, 0.15) is 17.4 Å². The van der Waals surface area contributed by atoms with Crippen LogP contribution in [0.3, 0.4) is 0 Å². The van der Waals surface area contributed by atoms with E-state index in [1.807, 2.05) is 13.8 Å². The van der Waals surface area contributed by atoms with Crippen LogP contribution in [0.2, 0.25) is 0 Å². The summed E-state index contributed by atoms with van der Waals surface area (Å²) in [5.74, 6) is 0.699. The Balaban J connectivity index is 2.55. The fourth-order valence-electron chi connectivity index (χ4n) is 1.98. The SMILES string of the molecule is COc1ccc(-c2[nH]nc(N)c2C(C)C)c(F)c1. The van der Waals surface area contributed by atoms with Gasteiger partial charge in [-0.05, 0) is 18.1 Å². The number of halogens is 1. The molecule has 0 bridgehead atoms. The van der Waals surface area contributed by atoms with Crippen LogP contribution in [0.1, 0.15) is 25.3 Å². The molecule has 0 spiro atoms. The molecule has 0 amide bonds. The zero-order chi connectivity index (χ0) is 13.3. The molecule has 5 heteroatoms. The van der Waals surface area contributed by atoms with E-state index in [0.29, 0.717) is 22.8 Å². The Morgan fingerprint density at radius 2 is 2.11 bits per heavy atom. The number of nitrogens with one attached hydrogen (secondary N) is 1. The van der Waals surface area contributed by atoms with Crippen LogP contribution in [-0.4, -0.2) is 17.3 Å². The summed E-state index contributed by atoms with van der Waals surface area (Å²) in [4.78, 5) is 0. The first-order chi connectivity index (χ1) is 8.54. The summed E-state index contributed by atoms with van der Waals surface area (Å²) in [5.41, 5.74) is 7.70. The van der Waals surface area contributed by atoms with E-state index in [-0.39, 0.29) is 11.7 Å². The minimum atomic E-state index is -0.361. The first kappa shape index (κ1) is 12.4. The molecule has 1 aromatic heterocycles. The van der Waals surface area contributed by atoms with Crippen molar-refractivity contribution in [2.45, 2.75) is 19.8 Å². The van der Waals surface area contributed by atoms with E-state index in [0.717, 1.165) is 5.56 Å². The Bertz CT molecular complexity index is 563. The van der Waals surface area contributed by atoms with Crippen molar-refractivity contribution in [3.63, 3.8) is 0 Å². The molecule has 0 aliphatic rings. The maximum atomic E-state index is 14.0. The summed E-state index contributed by atoms with van der Waals surface area (Å²) in [6, 6.07) is 4.71. The highest BCUT2D eigenvalue weighted by molar-refractivity contribution is 5.70. The number of nitrogens with two attached hydrogens (primary N) is 1. The number of benzene rings is 1. The number of methoxy groups -OCH3 is 1. The first-order valence-corrected chi connectivity index (χ1v) is 5.72. The maximum absolute atomic E-state index is 14.0. The van der Waals surface area contributed by atoms with Gasteiger partial charge < -0.3 is 10.5 Å². The monoisotopic (exact) mass is 249 g/mol. The van der Waals surface area contributed by atoms with Crippen molar-refractivity contribution in [2.75, 3.05) is 12.8 Å². The van der Waals surface area contributed by atoms with E-state index in [2.05, 4.69) is 10.2 Å². The van der Waals surface area contributed by atoms with E-state index < -0.39 is 0 Å². The fraction of sp³-hybridized carbons (Fsp3) is 0.308. The van der Waals surface area contributed by atoms with Gasteiger partial charge in [0.05, 0.1) is 12.8 Å². The molecule has 0 saturated heterocycles. The van der Waals surface area contributed by atoms with Gasteiger partial charge in [-0.15, -0.1) is 0 Å². The van der Waals surface area contributed by atoms with Crippen LogP contribution in [-0.2, 0) is 0 Å². The zero-order valence-electron chi connectivity index (χ0n) is 10.6. The highest BCUT2D eigenvalue weighted by atomic mass is 19.1. The second-order valence-corrected chi connectivity index (χ2v) is 4.40. The normalized spacial score (nSPS) is 10.9. The summed E-state index contributed by atoms with van der Waals surface area (Å²) >= 11 is 0. The molecule has 0 radical (unpaired) electrons. The molecule has 0 saturated carbocycles. The molecule has 4 nitrogen and oxygen atoms in total. The van der Waals surface area contributed by atoms with Crippen LogP contribution >= 0.6 is 0 Å². The molecule has 0 atom stereocenters. The number of hydrogen-bond donors (Lipinski definition) is 2. The van der Waals surface area contributed by atoms with Crippen LogP contribution in [0.25, 0.3) is 11.3 Å². The van der Waals surface area contributed by atoms with Gasteiger partial charge in [0.2, 0.25) is 0 Å². The first-order valence-electron chi connectivity index (χ1n) is 5.72. The Labute approximate surface area is 105 Å². The van der Waals surface area contributed by atoms with E-state index in [1.54, 1.807) is 12.1 Å². The third kappa shape index (κ3) is 2.03. The van der Waals surface area contributed by atoms with Crippen molar-refractivity contribution in [1.82, 2.24) is 10.2 Å². The third-order valence-electron chi connectivity index (χ3n) is 2.86. The van der Waals surface area contributed by atoms with Gasteiger partial charge in [0, 0.05) is 17.2 Å². The average Bonchev–Trinajstić information content (AvgIpc) is 2.70. The van der Waals surface area contributed by atoms with E-state index in [1.165, 1.54) is 13.2 Å². The predicted molar refractivity (Wildman–Crippen MR) is 69.0 cm³/mol. The number of aromatic amines is 1. The lowest BCUT2D eigenvalue weighted by atomic mass is 9.98. The molecule has 1 heterocycles. The summed E-state index contributed by atoms with van der Waals surface area (Å²) in [6.45, 7) is 3.98. The molecule has 2 aromatic rings. The van der Waals surface area contributed by atoms with Crippen LogP contribution in [0.15, 0.2) is 18.2 Å². The molecule has 0 unspecified atom stereocenters. The lowest BCUT2D eigenvalue weighted by molar-refractivity contribution is 0.411. The fourth-order valence-corrected chi connectivity index (χ4v) is 1.98. The van der Waals surface area contributed by atoms with E-state index >= 15 is 0 Å². The molecule has 18 heavy (non-hydrogen) atoms. The summed E-state index contributed by atoms with van der Waals surface area (Å²) in [5, 5.41) is 6.75. The van der Waals surface area contributed by atoms with Gasteiger partial charge in [0.25, 0.3) is 0 Å². The van der Waals surface area contributed by atoms with Crippen LogP contribution in [0, 0.1) is 5.82 Å². The standard InChI is InChI=1S/C13H16FN3O/c1-7(2)11-12(16-17-13(11)15)9-5-4-8(18-3)6-10(9)14/h4-7H,1-3H3,(H3,15,16,17). The number of H-pyrrole nitrogens is 1. The topological polar surface area (TPSA) is 63.9 Å². The molecule has 3 N–H and O–H groups in total. The zero-order valence-corrected chi connectivity index (χ0v) is 10.6. The highest BCUT2D eigenvalue weighted by Crippen LogP contribution is 2.33.